The van der Waals surface area contributed by atoms with Crippen LogP contribution in [-0.2, 0) is 11.2 Å². The molecule has 2 heterocycles. The van der Waals surface area contributed by atoms with E-state index in [1.807, 2.05) is 62.4 Å². The molecule has 0 saturated carbocycles. The summed E-state index contributed by atoms with van der Waals surface area (Å²) in [5, 5.41) is 17.0. The van der Waals surface area contributed by atoms with Gasteiger partial charge in [0.25, 0.3) is 0 Å². The normalized spacial score (nSPS) is 12.0. The number of benzene rings is 1. The Kier molecular flexibility index (Phi) is 5.43. The van der Waals surface area contributed by atoms with Gasteiger partial charge in [-0.05, 0) is 31.5 Å². The van der Waals surface area contributed by atoms with E-state index in [1.165, 1.54) is 0 Å². The zero-order valence-corrected chi connectivity index (χ0v) is 14.9. The van der Waals surface area contributed by atoms with Crippen LogP contribution in [0.15, 0.2) is 54.7 Å². The van der Waals surface area contributed by atoms with E-state index in [1.54, 1.807) is 10.9 Å². The number of carbonyl (C=O) groups is 1. The Morgan fingerprint density at radius 2 is 1.88 bits per heavy atom. The first kappa shape index (κ1) is 17.8. The van der Waals surface area contributed by atoms with Crippen molar-refractivity contribution in [2.45, 2.75) is 26.3 Å². The predicted octanol–water partition coefficient (Wildman–Crippen LogP) is 2.28. The molecule has 6 heteroatoms. The minimum Gasteiger partial charge on any atom is -0.394 e. The van der Waals surface area contributed by atoms with E-state index in [2.05, 4.69) is 15.4 Å². The first-order valence-corrected chi connectivity index (χ1v) is 8.52. The van der Waals surface area contributed by atoms with Crippen LogP contribution in [-0.4, -0.2) is 32.4 Å². The molecule has 3 aromatic rings. The van der Waals surface area contributed by atoms with Crippen molar-refractivity contribution in [2.24, 2.45) is 0 Å². The van der Waals surface area contributed by atoms with Gasteiger partial charge in [0.05, 0.1) is 24.8 Å². The van der Waals surface area contributed by atoms with Gasteiger partial charge in [-0.25, -0.2) is 9.67 Å². The molecule has 0 fully saturated rings. The lowest BCUT2D eigenvalue weighted by Crippen LogP contribution is -2.32. The monoisotopic (exact) mass is 350 g/mol. The van der Waals surface area contributed by atoms with Crippen LogP contribution in [0, 0.1) is 13.8 Å². The average Bonchev–Trinajstić information content (AvgIpc) is 2.95. The summed E-state index contributed by atoms with van der Waals surface area (Å²) >= 11 is 0. The van der Waals surface area contributed by atoms with Crippen LogP contribution < -0.4 is 5.32 Å². The Bertz CT molecular complexity index is 876. The van der Waals surface area contributed by atoms with Gasteiger partial charge in [0, 0.05) is 17.5 Å². The van der Waals surface area contributed by atoms with E-state index in [4.69, 9.17) is 0 Å². The number of amides is 1. The Morgan fingerprint density at radius 3 is 2.54 bits per heavy atom. The highest BCUT2D eigenvalue weighted by molar-refractivity contribution is 5.79. The van der Waals surface area contributed by atoms with E-state index in [0.29, 0.717) is 0 Å². The van der Waals surface area contributed by atoms with E-state index < -0.39 is 6.04 Å². The van der Waals surface area contributed by atoms with Gasteiger partial charge in [-0.3, -0.25) is 4.79 Å². The lowest BCUT2D eigenvalue weighted by Gasteiger charge is -2.16. The van der Waals surface area contributed by atoms with Gasteiger partial charge in [0.1, 0.15) is 0 Å². The molecule has 1 amide bonds. The number of hydrogen-bond acceptors (Lipinski definition) is 4. The van der Waals surface area contributed by atoms with Crippen molar-refractivity contribution in [2.75, 3.05) is 6.61 Å². The molecule has 0 aliphatic carbocycles. The average molecular weight is 350 g/mol. The molecule has 134 valence electrons. The molecule has 26 heavy (non-hydrogen) atoms. The first-order valence-electron chi connectivity index (χ1n) is 8.52. The van der Waals surface area contributed by atoms with Gasteiger partial charge in [-0.15, -0.1) is 0 Å². The Balaban J connectivity index is 1.76. The quantitative estimate of drug-likeness (QED) is 0.715. The number of aryl methyl sites for hydroxylation is 1. The van der Waals surface area contributed by atoms with Crippen molar-refractivity contribution in [1.29, 1.82) is 0 Å². The van der Waals surface area contributed by atoms with Crippen molar-refractivity contribution in [3.8, 4) is 5.82 Å². The number of aliphatic hydroxyl groups is 1. The second-order valence-corrected chi connectivity index (χ2v) is 6.14. The first-order chi connectivity index (χ1) is 12.6. The summed E-state index contributed by atoms with van der Waals surface area (Å²) in [6.07, 6.45) is 1.91. The highest BCUT2D eigenvalue weighted by Gasteiger charge is 2.19. The largest absolute Gasteiger partial charge is 0.394 e. The van der Waals surface area contributed by atoms with Crippen LogP contribution in [0.25, 0.3) is 5.82 Å². The van der Waals surface area contributed by atoms with Crippen LogP contribution in [0.4, 0.5) is 0 Å². The molecule has 1 atom stereocenters. The summed E-state index contributed by atoms with van der Waals surface area (Å²) in [4.78, 5) is 16.8. The van der Waals surface area contributed by atoms with E-state index in [-0.39, 0.29) is 18.9 Å². The van der Waals surface area contributed by atoms with Gasteiger partial charge >= 0.3 is 0 Å². The fraction of sp³-hybridized carbons (Fsp3) is 0.250. The van der Waals surface area contributed by atoms with Gasteiger partial charge in [-0.1, -0.05) is 36.4 Å². The SMILES string of the molecule is Cc1nn(-c2ccccn2)c(C)c1CC(=O)N[C@@H](CO)c1ccccc1. The lowest BCUT2D eigenvalue weighted by molar-refractivity contribution is -0.121. The summed E-state index contributed by atoms with van der Waals surface area (Å²) in [5.74, 6) is 0.567. The lowest BCUT2D eigenvalue weighted by atomic mass is 10.1. The highest BCUT2D eigenvalue weighted by Crippen LogP contribution is 2.18. The van der Waals surface area contributed by atoms with Crippen molar-refractivity contribution >= 4 is 5.91 Å². The molecular formula is C20H22N4O2. The predicted molar refractivity (Wildman–Crippen MR) is 98.9 cm³/mol. The molecule has 1 aromatic carbocycles. The maximum absolute atomic E-state index is 12.5. The van der Waals surface area contributed by atoms with E-state index in [0.717, 1.165) is 28.3 Å². The summed E-state index contributed by atoms with van der Waals surface area (Å²) in [7, 11) is 0. The minimum atomic E-state index is -0.421. The zero-order valence-electron chi connectivity index (χ0n) is 14.9. The number of aromatic nitrogens is 3. The number of pyridine rings is 1. The topological polar surface area (TPSA) is 80.0 Å². The minimum absolute atomic E-state index is 0.152. The number of nitrogens with zero attached hydrogens (tertiary/aromatic N) is 3. The third-order valence-corrected chi connectivity index (χ3v) is 4.36. The van der Waals surface area contributed by atoms with E-state index in [9.17, 15) is 9.90 Å². The van der Waals surface area contributed by atoms with Gasteiger partial charge in [-0.2, -0.15) is 5.10 Å². The Labute approximate surface area is 152 Å². The summed E-state index contributed by atoms with van der Waals surface area (Å²) in [6.45, 7) is 3.66. The third kappa shape index (κ3) is 3.81. The Hall–Kier alpha value is -2.99. The molecule has 6 nitrogen and oxygen atoms in total. The number of nitrogens with one attached hydrogen (secondary N) is 1. The van der Waals surface area contributed by atoms with Crippen LogP contribution >= 0.6 is 0 Å². The van der Waals surface area contributed by atoms with Gasteiger partial charge < -0.3 is 10.4 Å². The molecule has 2 N–H and O–H groups in total. The third-order valence-electron chi connectivity index (χ3n) is 4.36. The summed E-state index contributed by atoms with van der Waals surface area (Å²) in [6, 6.07) is 14.6. The van der Waals surface area contributed by atoms with Gasteiger partial charge in [0.15, 0.2) is 5.82 Å². The standard InChI is InChI=1S/C20H22N4O2/c1-14-17(15(2)24(23-14)19-10-6-7-11-21-19)12-20(26)22-18(13-25)16-8-4-3-5-9-16/h3-11,18,25H,12-13H2,1-2H3,(H,22,26)/t18-/m0/s1. The maximum Gasteiger partial charge on any atom is 0.225 e. The number of carbonyl (C=O) groups excluding carboxylic acids is 1. The van der Waals surface area contributed by atoms with Crippen LogP contribution in [0.1, 0.15) is 28.6 Å². The molecule has 0 unspecified atom stereocenters. The fourth-order valence-electron chi connectivity index (χ4n) is 2.96. The summed E-state index contributed by atoms with van der Waals surface area (Å²) in [5.41, 5.74) is 3.43. The molecule has 0 radical (unpaired) electrons. The molecule has 0 spiro atoms. The van der Waals surface area contributed by atoms with Crippen molar-refractivity contribution in [3.05, 3.63) is 77.2 Å². The molecule has 3 rings (SSSR count). The van der Waals surface area contributed by atoms with Crippen molar-refractivity contribution in [3.63, 3.8) is 0 Å². The molecule has 0 bridgehead atoms. The molecular weight excluding hydrogens is 328 g/mol. The highest BCUT2D eigenvalue weighted by atomic mass is 16.3. The molecule has 0 saturated heterocycles. The van der Waals surface area contributed by atoms with E-state index >= 15 is 0 Å². The second kappa shape index (κ2) is 7.93. The number of aliphatic hydroxyl groups excluding tert-OH is 1. The van der Waals surface area contributed by atoms with Crippen LogP contribution in [0.2, 0.25) is 0 Å². The van der Waals surface area contributed by atoms with Crippen molar-refractivity contribution < 1.29 is 9.90 Å². The molecule has 0 aliphatic heterocycles. The molecule has 2 aromatic heterocycles. The molecule has 0 aliphatic rings. The maximum atomic E-state index is 12.5. The summed E-state index contributed by atoms with van der Waals surface area (Å²) < 4.78 is 1.75. The second-order valence-electron chi connectivity index (χ2n) is 6.14. The Morgan fingerprint density at radius 1 is 1.15 bits per heavy atom. The van der Waals surface area contributed by atoms with Crippen molar-refractivity contribution in [1.82, 2.24) is 20.1 Å². The fourth-order valence-corrected chi connectivity index (χ4v) is 2.96. The van der Waals surface area contributed by atoms with Crippen LogP contribution in [0.3, 0.4) is 0 Å². The smallest absolute Gasteiger partial charge is 0.225 e. The number of hydrogen-bond donors (Lipinski definition) is 2. The van der Waals surface area contributed by atoms with Gasteiger partial charge in [0.2, 0.25) is 5.91 Å². The van der Waals surface area contributed by atoms with Crippen LogP contribution in [0.5, 0.6) is 0 Å². The zero-order chi connectivity index (χ0) is 18.5. The number of rotatable bonds is 6.